The summed E-state index contributed by atoms with van der Waals surface area (Å²) in [6.07, 6.45) is 1.20. The number of hydrogen-bond acceptors (Lipinski definition) is 2. The minimum absolute atomic E-state index is 0.581. The number of nitrogens with zero attached hydrogens (tertiary/aromatic N) is 1. The molecule has 0 aromatic heterocycles. The smallest absolute Gasteiger partial charge is 0.0402 e. The maximum Gasteiger partial charge on any atom is 0.0402 e. The molecule has 1 aromatic carbocycles. The Kier molecular flexibility index (Phi) is 4.06. The van der Waals surface area contributed by atoms with Crippen LogP contribution in [0.25, 0.3) is 0 Å². The van der Waals surface area contributed by atoms with Crippen LogP contribution in [0.4, 0.5) is 5.69 Å². The third-order valence-corrected chi connectivity index (χ3v) is 3.45. The largest absolute Gasteiger partial charge is 0.367 e. The molecular weight excluding hydrogens is 208 g/mol. The molecular formula is C15H24N2. The van der Waals surface area contributed by atoms with Gasteiger partial charge in [0.1, 0.15) is 0 Å². The second-order valence-corrected chi connectivity index (χ2v) is 5.47. The van der Waals surface area contributed by atoms with E-state index in [2.05, 4.69) is 55.3 Å². The van der Waals surface area contributed by atoms with E-state index < -0.39 is 0 Å². The molecule has 0 radical (unpaired) electrons. The fraction of sp³-hybridized carbons (Fsp3) is 0.600. The van der Waals surface area contributed by atoms with Crippen LogP contribution in [0.1, 0.15) is 26.3 Å². The Morgan fingerprint density at radius 1 is 1.18 bits per heavy atom. The third-order valence-electron chi connectivity index (χ3n) is 3.45. The Labute approximate surface area is 105 Å². The average Bonchev–Trinajstić information content (AvgIpc) is 2.72. The summed E-state index contributed by atoms with van der Waals surface area (Å²) in [6.45, 7) is 10.2. The van der Waals surface area contributed by atoms with Crippen LogP contribution in [0.5, 0.6) is 0 Å². The highest BCUT2D eigenvalue weighted by molar-refractivity contribution is 5.58. The van der Waals surface area contributed by atoms with Crippen molar-refractivity contribution in [1.82, 2.24) is 5.32 Å². The van der Waals surface area contributed by atoms with E-state index in [0.717, 1.165) is 19.0 Å². The molecule has 1 aromatic rings. The fourth-order valence-electron chi connectivity index (χ4n) is 2.51. The summed E-state index contributed by atoms with van der Waals surface area (Å²) in [5.41, 5.74) is 2.94. The molecule has 0 amide bonds. The summed E-state index contributed by atoms with van der Waals surface area (Å²) in [7, 11) is 0. The highest BCUT2D eigenvalue weighted by atomic mass is 15.2. The predicted molar refractivity (Wildman–Crippen MR) is 74.7 cm³/mol. The van der Waals surface area contributed by atoms with Gasteiger partial charge in [0, 0.05) is 24.8 Å². The molecule has 0 bridgehead atoms. The van der Waals surface area contributed by atoms with E-state index in [4.69, 9.17) is 0 Å². The Bertz CT molecular complexity index is 360. The number of rotatable bonds is 5. The molecule has 1 N–H and O–H groups in total. The second-order valence-electron chi connectivity index (χ2n) is 5.47. The fourth-order valence-corrected chi connectivity index (χ4v) is 2.51. The van der Waals surface area contributed by atoms with Gasteiger partial charge in [-0.3, -0.25) is 0 Å². The van der Waals surface area contributed by atoms with Crippen LogP contribution >= 0.6 is 0 Å². The molecule has 2 nitrogen and oxygen atoms in total. The molecule has 1 atom stereocenters. The molecule has 1 aliphatic rings. The quantitative estimate of drug-likeness (QED) is 0.839. The van der Waals surface area contributed by atoms with E-state index in [0.29, 0.717) is 6.04 Å². The zero-order valence-corrected chi connectivity index (χ0v) is 11.2. The van der Waals surface area contributed by atoms with Crippen molar-refractivity contribution >= 4 is 5.69 Å². The SMILES string of the molecule is CC(C)CNCC(C)N1CCc2ccccc21. The molecule has 2 rings (SSSR count). The highest BCUT2D eigenvalue weighted by Gasteiger charge is 2.22. The summed E-state index contributed by atoms with van der Waals surface area (Å²) in [5, 5.41) is 3.55. The zero-order chi connectivity index (χ0) is 12.3. The van der Waals surface area contributed by atoms with E-state index in [1.807, 2.05) is 0 Å². The molecule has 1 aliphatic heterocycles. The van der Waals surface area contributed by atoms with Crippen molar-refractivity contribution in [3.8, 4) is 0 Å². The number of fused-ring (bicyclic) bond motifs is 1. The Morgan fingerprint density at radius 2 is 1.94 bits per heavy atom. The van der Waals surface area contributed by atoms with Crippen LogP contribution in [0, 0.1) is 5.92 Å². The maximum atomic E-state index is 3.55. The van der Waals surface area contributed by atoms with E-state index in [1.165, 1.54) is 24.2 Å². The summed E-state index contributed by atoms with van der Waals surface area (Å²) < 4.78 is 0. The van der Waals surface area contributed by atoms with E-state index in [1.54, 1.807) is 0 Å². The van der Waals surface area contributed by atoms with Crippen molar-refractivity contribution in [3.05, 3.63) is 29.8 Å². The number of hydrogen-bond donors (Lipinski definition) is 1. The van der Waals surface area contributed by atoms with Gasteiger partial charge < -0.3 is 10.2 Å². The van der Waals surface area contributed by atoms with Gasteiger partial charge in [-0.1, -0.05) is 32.0 Å². The van der Waals surface area contributed by atoms with Crippen LogP contribution in [0.3, 0.4) is 0 Å². The van der Waals surface area contributed by atoms with Gasteiger partial charge in [-0.25, -0.2) is 0 Å². The molecule has 0 aliphatic carbocycles. The van der Waals surface area contributed by atoms with E-state index in [9.17, 15) is 0 Å². The molecule has 2 heteroatoms. The van der Waals surface area contributed by atoms with E-state index >= 15 is 0 Å². The predicted octanol–water partition coefficient (Wildman–Crippen LogP) is 2.68. The van der Waals surface area contributed by atoms with Crippen molar-refractivity contribution in [2.45, 2.75) is 33.2 Å². The Hall–Kier alpha value is -1.02. The highest BCUT2D eigenvalue weighted by Crippen LogP contribution is 2.28. The molecule has 0 spiro atoms. The maximum absolute atomic E-state index is 3.55. The first-order valence-corrected chi connectivity index (χ1v) is 6.73. The van der Waals surface area contributed by atoms with Gasteiger partial charge in [0.15, 0.2) is 0 Å². The monoisotopic (exact) mass is 232 g/mol. The lowest BCUT2D eigenvalue weighted by Gasteiger charge is -2.28. The average molecular weight is 232 g/mol. The summed E-state index contributed by atoms with van der Waals surface area (Å²) >= 11 is 0. The minimum Gasteiger partial charge on any atom is -0.367 e. The van der Waals surface area contributed by atoms with Crippen molar-refractivity contribution in [2.24, 2.45) is 5.92 Å². The van der Waals surface area contributed by atoms with Gasteiger partial charge >= 0.3 is 0 Å². The minimum atomic E-state index is 0.581. The summed E-state index contributed by atoms with van der Waals surface area (Å²) in [4.78, 5) is 2.53. The Morgan fingerprint density at radius 3 is 2.71 bits per heavy atom. The van der Waals surface area contributed by atoms with Crippen molar-refractivity contribution in [2.75, 3.05) is 24.5 Å². The number of nitrogens with one attached hydrogen (secondary N) is 1. The number of para-hydroxylation sites is 1. The van der Waals surface area contributed by atoms with Crippen molar-refractivity contribution in [1.29, 1.82) is 0 Å². The van der Waals surface area contributed by atoms with Crippen LogP contribution < -0.4 is 10.2 Å². The zero-order valence-electron chi connectivity index (χ0n) is 11.2. The standard InChI is InChI=1S/C15H24N2/c1-12(2)10-16-11-13(3)17-9-8-14-6-4-5-7-15(14)17/h4-7,12-13,16H,8-11H2,1-3H3. The van der Waals surface area contributed by atoms with Gasteiger partial charge in [-0.05, 0) is 37.4 Å². The van der Waals surface area contributed by atoms with Gasteiger partial charge in [0.2, 0.25) is 0 Å². The topological polar surface area (TPSA) is 15.3 Å². The first-order chi connectivity index (χ1) is 8.18. The molecule has 0 saturated carbocycles. The summed E-state index contributed by atoms with van der Waals surface area (Å²) in [5.74, 6) is 0.730. The van der Waals surface area contributed by atoms with Crippen LogP contribution in [-0.2, 0) is 6.42 Å². The van der Waals surface area contributed by atoms with Crippen molar-refractivity contribution in [3.63, 3.8) is 0 Å². The summed E-state index contributed by atoms with van der Waals surface area (Å²) in [6, 6.07) is 9.37. The molecule has 1 heterocycles. The van der Waals surface area contributed by atoms with E-state index in [-0.39, 0.29) is 0 Å². The second kappa shape index (κ2) is 5.54. The lowest BCUT2D eigenvalue weighted by Crippen LogP contribution is -2.40. The van der Waals surface area contributed by atoms with Crippen molar-refractivity contribution < 1.29 is 0 Å². The first kappa shape index (κ1) is 12.4. The number of anilines is 1. The lowest BCUT2D eigenvalue weighted by atomic mass is 10.1. The van der Waals surface area contributed by atoms with Gasteiger partial charge in [0.05, 0.1) is 0 Å². The van der Waals surface area contributed by atoms with Gasteiger partial charge in [-0.15, -0.1) is 0 Å². The van der Waals surface area contributed by atoms with Gasteiger partial charge in [0.25, 0.3) is 0 Å². The van der Waals surface area contributed by atoms with Crippen LogP contribution in [0.2, 0.25) is 0 Å². The lowest BCUT2D eigenvalue weighted by molar-refractivity contribution is 0.512. The molecule has 0 saturated heterocycles. The molecule has 17 heavy (non-hydrogen) atoms. The molecule has 0 fully saturated rings. The van der Waals surface area contributed by atoms with Gasteiger partial charge in [-0.2, -0.15) is 0 Å². The first-order valence-electron chi connectivity index (χ1n) is 6.73. The number of benzene rings is 1. The molecule has 1 unspecified atom stereocenters. The van der Waals surface area contributed by atoms with Crippen LogP contribution in [0.15, 0.2) is 24.3 Å². The molecule has 94 valence electrons. The third kappa shape index (κ3) is 3.01. The normalized spacial score (nSPS) is 16.4. The Balaban J connectivity index is 1.91. The van der Waals surface area contributed by atoms with Crippen LogP contribution in [-0.4, -0.2) is 25.7 Å².